The van der Waals surface area contributed by atoms with Crippen LogP contribution in [-0.4, -0.2) is 30.9 Å². The van der Waals surface area contributed by atoms with Crippen LogP contribution in [0.25, 0.3) is 0 Å². The largest absolute Gasteiger partial charge is 0.421 e. The van der Waals surface area contributed by atoms with Gasteiger partial charge in [-0.15, -0.1) is 0 Å². The third-order valence-corrected chi connectivity index (χ3v) is 3.37. The van der Waals surface area contributed by atoms with Crippen molar-refractivity contribution in [2.45, 2.75) is 12.6 Å². The van der Waals surface area contributed by atoms with E-state index in [0.29, 0.717) is 13.0 Å². The van der Waals surface area contributed by atoms with Crippen LogP contribution in [-0.2, 0) is 11.0 Å². The van der Waals surface area contributed by atoms with Crippen LogP contribution >= 0.6 is 0 Å². The Bertz CT molecular complexity index is 516. The van der Waals surface area contributed by atoms with E-state index in [1.165, 1.54) is 11.0 Å². The number of nitrogens with one attached hydrogen (secondary N) is 1. The molecule has 1 aliphatic heterocycles. The van der Waals surface area contributed by atoms with Crippen LogP contribution in [0.1, 0.15) is 12.0 Å². The van der Waals surface area contributed by atoms with Crippen LogP contribution in [0.4, 0.5) is 23.2 Å². The minimum absolute atomic E-state index is 0.0652. The predicted octanol–water partition coefficient (Wildman–Crippen LogP) is 2.73. The van der Waals surface area contributed by atoms with Crippen molar-refractivity contribution < 1.29 is 22.4 Å². The van der Waals surface area contributed by atoms with Crippen molar-refractivity contribution >= 4 is 11.6 Å². The molecule has 0 unspecified atom stereocenters. The van der Waals surface area contributed by atoms with E-state index in [9.17, 15) is 22.4 Å². The topological polar surface area (TPSA) is 32.3 Å². The van der Waals surface area contributed by atoms with Gasteiger partial charge in [0, 0.05) is 25.8 Å². The Kier molecular flexibility index (Phi) is 3.87. The SMILES string of the molecule is CN1CC[C@@H](CNc2cccc(F)c2C(F)(F)F)C1=O. The monoisotopic (exact) mass is 290 g/mol. The highest BCUT2D eigenvalue weighted by Gasteiger charge is 2.37. The summed E-state index contributed by atoms with van der Waals surface area (Å²) in [5, 5.41) is 2.55. The number of rotatable bonds is 3. The lowest BCUT2D eigenvalue weighted by Gasteiger charge is -2.17. The smallest absolute Gasteiger partial charge is 0.384 e. The number of benzene rings is 1. The third-order valence-electron chi connectivity index (χ3n) is 3.37. The summed E-state index contributed by atoms with van der Waals surface area (Å²) in [4.78, 5) is 13.2. The highest BCUT2D eigenvalue weighted by atomic mass is 19.4. The van der Waals surface area contributed by atoms with Gasteiger partial charge in [0.2, 0.25) is 5.91 Å². The molecule has 20 heavy (non-hydrogen) atoms. The van der Waals surface area contributed by atoms with Crippen molar-refractivity contribution in [3.63, 3.8) is 0 Å². The molecule has 1 N–H and O–H groups in total. The van der Waals surface area contributed by atoms with Crippen molar-refractivity contribution in [1.29, 1.82) is 0 Å². The fraction of sp³-hybridized carbons (Fsp3) is 0.462. The van der Waals surface area contributed by atoms with Crippen molar-refractivity contribution in [2.75, 3.05) is 25.5 Å². The minimum Gasteiger partial charge on any atom is -0.384 e. The summed E-state index contributed by atoms with van der Waals surface area (Å²) >= 11 is 0. The van der Waals surface area contributed by atoms with Gasteiger partial charge in [-0.3, -0.25) is 4.79 Å². The molecule has 1 saturated heterocycles. The van der Waals surface area contributed by atoms with Crippen LogP contribution in [0.2, 0.25) is 0 Å². The number of anilines is 1. The maximum atomic E-state index is 13.4. The van der Waals surface area contributed by atoms with E-state index in [4.69, 9.17) is 0 Å². The number of hydrogen-bond acceptors (Lipinski definition) is 2. The molecule has 1 aromatic rings. The van der Waals surface area contributed by atoms with Gasteiger partial charge in [0.1, 0.15) is 11.4 Å². The summed E-state index contributed by atoms with van der Waals surface area (Å²) < 4.78 is 51.7. The summed E-state index contributed by atoms with van der Waals surface area (Å²) in [7, 11) is 1.64. The molecule has 0 bridgehead atoms. The molecule has 0 saturated carbocycles. The highest BCUT2D eigenvalue weighted by molar-refractivity contribution is 5.81. The molecule has 0 aliphatic carbocycles. The van der Waals surface area contributed by atoms with Gasteiger partial charge in [0.25, 0.3) is 0 Å². The summed E-state index contributed by atoms with van der Waals surface area (Å²) in [6.45, 7) is 0.649. The van der Waals surface area contributed by atoms with Gasteiger partial charge >= 0.3 is 6.18 Å². The van der Waals surface area contributed by atoms with Gasteiger partial charge in [-0.2, -0.15) is 13.2 Å². The van der Waals surface area contributed by atoms with Gasteiger partial charge in [0.15, 0.2) is 0 Å². The molecule has 2 rings (SSSR count). The fourth-order valence-corrected chi connectivity index (χ4v) is 2.28. The van der Waals surface area contributed by atoms with Gasteiger partial charge in [-0.25, -0.2) is 4.39 Å². The highest BCUT2D eigenvalue weighted by Crippen LogP contribution is 2.36. The number of amides is 1. The van der Waals surface area contributed by atoms with E-state index >= 15 is 0 Å². The zero-order chi connectivity index (χ0) is 14.9. The van der Waals surface area contributed by atoms with Crippen LogP contribution in [0.15, 0.2) is 18.2 Å². The first kappa shape index (κ1) is 14.6. The lowest BCUT2D eigenvalue weighted by Crippen LogP contribution is -2.27. The molecule has 0 spiro atoms. The van der Waals surface area contributed by atoms with Crippen LogP contribution in [0.3, 0.4) is 0 Å². The lowest BCUT2D eigenvalue weighted by atomic mass is 10.1. The number of carbonyl (C=O) groups is 1. The van der Waals surface area contributed by atoms with Crippen molar-refractivity contribution in [2.24, 2.45) is 5.92 Å². The van der Waals surface area contributed by atoms with Gasteiger partial charge in [-0.1, -0.05) is 6.07 Å². The molecule has 1 atom stereocenters. The van der Waals surface area contributed by atoms with Crippen molar-refractivity contribution in [3.8, 4) is 0 Å². The fourth-order valence-electron chi connectivity index (χ4n) is 2.28. The minimum atomic E-state index is -4.77. The van der Waals surface area contributed by atoms with Crippen molar-refractivity contribution in [3.05, 3.63) is 29.6 Å². The maximum Gasteiger partial charge on any atom is 0.421 e. The Hall–Kier alpha value is -1.79. The number of halogens is 4. The van der Waals surface area contributed by atoms with E-state index in [0.717, 1.165) is 12.1 Å². The Balaban J connectivity index is 2.14. The quantitative estimate of drug-likeness (QED) is 0.868. The number of nitrogens with zero attached hydrogens (tertiary/aromatic N) is 1. The maximum absolute atomic E-state index is 13.4. The molecule has 1 amide bonds. The normalized spacial score (nSPS) is 19.6. The van der Waals surface area contributed by atoms with E-state index in [2.05, 4.69) is 5.32 Å². The van der Waals surface area contributed by atoms with E-state index in [1.807, 2.05) is 0 Å². The molecular weight excluding hydrogens is 276 g/mol. The molecule has 3 nitrogen and oxygen atoms in total. The number of hydrogen-bond donors (Lipinski definition) is 1. The first-order chi connectivity index (χ1) is 9.30. The van der Waals surface area contributed by atoms with Gasteiger partial charge in [0.05, 0.1) is 5.92 Å². The zero-order valence-corrected chi connectivity index (χ0v) is 10.8. The van der Waals surface area contributed by atoms with Crippen LogP contribution < -0.4 is 5.32 Å². The second-order valence-corrected chi connectivity index (χ2v) is 4.79. The summed E-state index contributed by atoms with van der Waals surface area (Å²) in [5.74, 6) is -1.80. The Morgan fingerprint density at radius 3 is 2.65 bits per heavy atom. The molecule has 7 heteroatoms. The summed E-state index contributed by atoms with van der Waals surface area (Å²) in [6.07, 6.45) is -4.19. The number of alkyl halides is 3. The Morgan fingerprint density at radius 2 is 2.10 bits per heavy atom. The molecule has 110 valence electrons. The Labute approximate surface area is 113 Å². The second kappa shape index (κ2) is 5.30. The zero-order valence-electron chi connectivity index (χ0n) is 10.8. The molecule has 1 heterocycles. The molecule has 1 fully saturated rings. The first-order valence-electron chi connectivity index (χ1n) is 6.15. The standard InChI is InChI=1S/C13H14F4N2O/c1-19-6-5-8(12(19)20)7-18-10-4-2-3-9(14)11(10)13(15,16)17/h2-4,8,18H,5-7H2,1H3/t8-/m0/s1. The summed E-state index contributed by atoms with van der Waals surface area (Å²) in [6, 6.07) is 3.13. The summed E-state index contributed by atoms with van der Waals surface area (Å²) in [5.41, 5.74) is -1.65. The molecule has 0 aromatic heterocycles. The van der Waals surface area contributed by atoms with E-state index in [1.54, 1.807) is 7.05 Å². The van der Waals surface area contributed by atoms with Crippen LogP contribution in [0.5, 0.6) is 0 Å². The number of likely N-dealkylation sites (tertiary alicyclic amines) is 1. The Morgan fingerprint density at radius 1 is 1.40 bits per heavy atom. The average Bonchev–Trinajstić information content (AvgIpc) is 2.66. The van der Waals surface area contributed by atoms with Gasteiger partial charge < -0.3 is 10.2 Å². The van der Waals surface area contributed by atoms with Crippen molar-refractivity contribution in [1.82, 2.24) is 4.90 Å². The van der Waals surface area contributed by atoms with E-state index < -0.39 is 17.6 Å². The van der Waals surface area contributed by atoms with E-state index in [-0.39, 0.29) is 24.1 Å². The van der Waals surface area contributed by atoms with Gasteiger partial charge in [-0.05, 0) is 18.6 Å². The van der Waals surface area contributed by atoms with Crippen LogP contribution in [0, 0.1) is 11.7 Å². The lowest BCUT2D eigenvalue weighted by molar-refractivity contribution is -0.139. The predicted molar refractivity (Wildman–Crippen MR) is 65.6 cm³/mol. The number of carbonyl (C=O) groups excluding carboxylic acids is 1. The molecule has 1 aliphatic rings. The average molecular weight is 290 g/mol. The third kappa shape index (κ3) is 2.86. The molecular formula is C13H14F4N2O. The molecule has 0 radical (unpaired) electrons. The molecule has 1 aromatic carbocycles. The first-order valence-corrected chi connectivity index (χ1v) is 6.15. The second-order valence-electron chi connectivity index (χ2n) is 4.79.